The van der Waals surface area contributed by atoms with Crippen LogP contribution in [-0.2, 0) is 11.5 Å². The van der Waals surface area contributed by atoms with Crippen molar-refractivity contribution in [1.29, 1.82) is 0 Å². The zero-order valence-corrected chi connectivity index (χ0v) is 19.4. The first kappa shape index (κ1) is 22.7. The fourth-order valence-corrected chi connectivity index (χ4v) is 4.40. The number of hydrogen-bond acceptors (Lipinski definition) is 2. The topological polar surface area (TPSA) is 18.5 Å². The van der Waals surface area contributed by atoms with Gasteiger partial charge in [-0.2, -0.15) is 0 Å². The first-order chi connectivity index (χ1) is 12.7. The first-order valence-corrected chi connectivity index (χ1v) is 10.6. The van der Waals surface area contributed by atoms with Crippen LogP contribution < -0.4 is 9.47 Å². The molecule has 0 heterocycles. The number of hydrogen-bond donors (Lipinski definition) is 0. The molecule has 0 aliphatic rings. The molecule has 0 N–H and O–H groups in total. The van der Waals surface area contributed by atoms with Gasteiger partial charge in [-0.1, -0.05) is 53.0 Å². The van der Waals surface area contributed by atoms with E-state index < -0.39 is 8.83 Å². The predicted molar refractivity (Wildman–Crippen MR) is 117 cm³/mol. The fraction of sp³-hybridized carbons (Fsp3) is 0.400. The second kappa shape index (κ2) is 9.28. The van der Waals surface area contributed by atoms with Gasteiger partial charge in [0.1, 0.15) is 11.5 Å². The van der Waals surface area contributed by atoms with Crippen molar-refractivity contribution in [1.82, 2.24) is 0 Å². The van der Waals surface area contributed by atoms with Crippen molar-refractivity contribution in [2.45, 2.75) is 28.6 Å². The second-order valence-electron chi connectivity index (χ2n) is 6.19. The molecule has 0 saturated carbocycles. The lowest BCUT2D eigenvalue weighted by Crippen LogP contribution is -2.42. The smallest absolute Gasteiger partial charge is 0.200 e. The van der Waals surface area contributed by atoms with Crippen LogP contribution in [0.3, 0.4) is 0 Å². The standard InChI is InChI=1S/C20H21Cl4O2Si/c1-13-16(5-4-12-21)18(26-3)11-10-17(13)19(27,20(22,23)24)14-6-8-15(25-2)9-7-14/h6-11H,4-5,12H2,1-3H3. The summed E-state index contributed by atoms with van der Waals surface area (Å²) in [4.78, 5) is 0. The third-order valence-corrected chi connectivity index (χ3v) is 7.21. The number of ether oxygens (including phenoxy) is 2. The molecule has 27 heavy (non-hydrogen) atoms. The van der Waals surface area contributed by atoms with Crippen molar-refractivity contribution in [2.75, 3.05) is 20.1 Å². The van der Waals surface area contributed by atoms with Gasteiger partial charge in [-0.25, -0.2) is 0 Å². The molecular weight excluding hydrogens is 442 g/mol. The highest BCUT2D eigenvalue weighted by Gasteiger charge is 2.48. The van der Waals surface area contributed by atoms with Gasteiger partial charge in [0.2, 0.25) is 3.79 Å². The van der Waals surface area contributed by atoms with Crippen LogP contribution in [0.4, 0.5) is 0 Å². The summed E-state index contributed by atoms with van der Waals surface area (Å²) in [6.07, 6.45) is 1.60. The zero-order chi connectivity index (χ0) is 20.2. The van der Waals surface area contributed by atoms with E-state index in [9.17, 15) is 0 Å². The molecule has 0 fully saturated rings. The largest absolute Gasteiger partial charge is 0.497 e. The highest BCUT2D eigenvalue weighted by atomic mass is 35.6. The first-order valence-electron chi connectivity index (χ1n) is 8.39. The van der Waals surface area contributed by atoms with E-state index in [2.05, 4.69) is 10.2 Å². The summed E-state index contributed by atoms with van der Waals surface area (Å²) < 4.78 is 9.13. The summed E-state index contributed by atoms with van der Waals surface area (Å²) >= 11 is 25.4. The average molecular weight is 463 g/mol. The van der Waals surface area contributed by atoms with Crippen LogP contribution in [0.1, 0.15) is 28.7 Å². The van der Waals surface area contributed by atoms with E-state index in [-0.39, 0.29) is 0 Å². The number of alkyl halides is 4. The quantitative estimate of drug-likeness (QED) is 0.373. The number of methoxy groups -OCH3 is 2. The Hall–Kier alpha value is -0.583. The highest BCUT2D eigenvalue weighted by Crippen LogP contribution is 2.50. The average Bonchev–Trinajstić information content (AvgIpc) is 2.65. The molecule has 0 saturated heterocycles. The Morgan fingerprint density at radius 3 is 2.07 bits per heavy atom. The Morgan fingerprint density at radius 2 is 1.59 bits per heavy atom. The Morgan fingerprint density at radius 1 is 0.963 bits per heavy atom. The minimum Gasteiger partial charge on any atom is -0.497 e. The molecule has 0 aromatic heterocycles. The highest BCUT2D eigenvalue weighted by molar-refractivity contribution is 6.70. The van der Waals surface area contributed by atoms with Crippen LogP contribution in [0.15, 0.2) is 36.4 Å². The maximum atomic E-state index is 6.48. The van der Waals surface area contributed by atoms with E-state index in [4.69, 9.17) is 55.9 Å². The third kappa shape index (κ3) is 4.54. The molecular formula is C20H21Cl4O2Si. The van der Waals surface area contributed by atoms with E-state index >= 15 is 0 Å². The van der Waals surface area contributed by atoms with E-state index in [0.29, 0.717) is 5.88 Å². The van der Waals surface area contributed by atoms with Crippen LogP contribution in [0.25, 0.3) is 0 Å². The summed E-state index contributed by atoms with van der Waals surface area (Å²) in [5.74, 6) is 2.09. The van der Waals surface area contributed by atoms with Crippen molar-refractivity contribution < 1.29 is 9.47 Å². The molecule has 2 aromatic rings. The third-order valence-electron chi connectivity index (χ3n) is 4.69. The summed E-state index contributed by atoms with van der Waals surface area (Å²) in [6, 6.07) is 11.3. The van der Waals surface area contributed by atoms with E-state index in [1.54, 1.807) is 14.2 Å². The van der Waals surface area contributed by atoms with Crippen molar-refractivity contribution in [3.63, 3.8) is 0 Å². The molecule has 0 aliphatic carbocycles. The van der Waals surface area contributed by atoms with E-state index in [0.717, 1.165) is 46.6 Å². The Balaban J connectivity index is 2.70. The molecule has 0 spiro atoms. The summed E-state index contributed by atoms with van der Waals surface area (Å²) in [5.41, 5.74) is 3.71. The Kier molecular flexibility index (Phi) is 7.80. The maximum Gasteiger partial charge on any atom is 0.200 e. The molecule has 1 unspecified atom stereocenters. The summed E-state index contributed by atoms with van der Waals surface area (Å²) in [6.45, 7) is 2.01. The lowest BCUT2D eigenvalue weighted by molar-refractivity contribution is 0.408. The number of halogens is 4. The maximum absolute atomic E-state index is 6.48. The Bertz CT molecular complexity index is 775. The lowest BCUT2D eigenvalue weighted by atomic mass is 9.85. The Labute approximate surface area is 184 Å². The molecule has 0 amide bonds. The van der Waals surface area contributed by atoms with Gasteiger partial charge in [0.05, 0.1) is 29.5 Å². The van der Waals surface area contributed by atoms with Gasteiger partial charge in [0.25, 0.3) is 0 Å². The number of rotatable bonds is 7. The zero-order valence-electron chi connectivity index (χ0n) is 15.4. The van der Waals surface area contributed by atoms with Gasteiger partial charge in [0, 0.05) is 5.88 Å². The minimum atomic E-state index is -1.65. The van der Waals surface area contributed by atoms with Gasteiger partial charge < -0.3 is 9.47 Å². The molecule has 0 bridgehead atoms. The van der Waals surface area contributed by atoms with Crippen molar-refractivity contribution >= 4 is 56.6 Å². The molecule has 2 rings (SSSR count). The van der Waals surface area contributed by atoms with Crippen molar-refractivity contribution in [2.24, 2.45) is 0 Å². The predicted octanol–water partition coefficient (Wildman–Crippen LogP) is 5.97. The molecule has 0 aliphatic heterocycles. The van der Waals surface area contributed by atoms with Crippen LogP contribution >= 0.6 is 46.4 Å². The van der Waals surface area contributed by atoms with Gasteiger partial charge in [-0.3, -0.25) is 0 Å². The number of benzene rings is 2. The van der Waals surface area contributed by atoms with Gasteiger partial charge >= 0.3 is 0 Å². The fourth-order valence-electron chi connectivity index (χ4n) is 3.20. The monoisotopic (exact) mass is 461 g/mol. The van der Waals surface area contributed by atoms with E-state index in [1.165, 1.54) is 0 Å². The molecule has 145 valence electrons. The molecule has 3 radical (unpaired) electrons. The molecule has 2 nitrogen and oxygen atoms in total. The van der Waals surface area contributed by atoms with Gasteiger partial charge in [-0.15, -0.1) is 11.6 Å². The van der Waals surface area contributed by atoms with Gasteiger partial charge in [-0.05, 0) is 60.2 Å². The summed E-state index contributed by atoms with van der Waals surface area (Å²) in [5, 5.41) is -1.06. The van der Waals surface area contributed by atoms with Crippen LogP contribution in [0, 0.1) is 6.92 Å². The normalized spacial score (nSPS) is 13.9. The lowest BCUT2D eigenvalue weighted by Gasteiger charge is -2.39. The molecule has 2 aromatic carbocycles. The summed E-state index contributed by atoms with van der Waals surface area (Å²) in [7, 11) is 7.10. The van der Waals surface area contributed by atoms with Crippen LogP contribution in [0.2, 0.25) is 0 Å². The molecule has 1 atom stereocenters. The van der Waals surface area contributed by atoms with Crippen molar-refractivity contribution in [3.05, 3.63) is 58.7 Å². The minimum absolute atomic E-state index is 0.564. The SMILES string of the molecule is COc1ccc(C([Si])(c2ccc(OC)c(CCCCl)c2C)C(Cl)(Cl)Cl)cc1. The van der Waals surface area contributed by atoms with Gasteiger partial charge in [0.15, 0.2) is 0 Å². The second-order valence-corrected chi connectivity index (χ2v) is 9.60. The molecule has 7 heteroatoms. The van der Waals surface area contributed by atoms with E-state index in [1.807, 2.05) is 43.3 Å². The van der Waals surface area contributed by atoms with Crippen molar-refractivity contribution in [3.8, 4) is 11.5 Å². The van der Waals surface area contributed by atoms with Crippen LogP contribution in [0.5, 0.6) is 11.5 Å². The van der Waals surface area contributed by atoms with Crippen LogP contribution in [-0.4, -0.2) is 34.1 Å².